The molecule has 2 atom stereocenters. The van der Waals surface area contributed by atoms with Gasteiger partial charge in [0.1, 0.15) is 0 Å². The van der Waals surface area contributed by atoms with Crippen molar-refractivity contribution >= 4 is 62.4 Å². The summed E-state index contributed by atoms with van der Waals surface area (Å²) >= 11 is 14.7. The lowest BCUT2D eigenvalue weighted by Crippen LogP contribution is -2.36. The third kappa shape index (κ3) is 6.89. The van der Waals surface area contributed by atoms with E-state index in [0.29, 0.717) is 28.4 Å². The van der Waals surface area contributed by atoms with Crippen molar-refractivity contribution in [3.05, 3.63) is 99.0 Å². The number of halogens is 2. The highest BCUT2D eigenvalue weighted by Crippen LogP contribution is 2.33. The van der Waals surface area contributed by atoms with Crippen molar-refractivity contribution in [2.45, 2.75) is 25.0 Å². The van der Waals surface area contributed by atoms with Crippen LogP contribution in [0.1, 0.15) is 45.2 Å². The number of benzene rings is 3. The van der Waals surface area contributed by atoms with Crippen molar-refractivity contribution in [2.24, 2.45) is 0 Å². The summed E-state index contributed by atoms with van der Waals surface area (Å²) < 4.78 is 6.89. The molecule has 180 valence electrons. The third-order valence-electron chi connectivity index (χ3n) is 5.58. The zero-order chi connectivity index (χ0) is 24.8. The van der Waals surface area contributed by atoms with Crippen LogP contribution in [0.4, 0.5) is 5.69 Å². The molecule has 0 aliphatic carbocycles. The van der Waals surface area contributed by atoms with Crippen molar-refractivity contribution in [2.75, 3.05) is 11.9 Å². The van der Waals surface area contributed by atoms with Gasteiger partial charge in [0, 0.05) is 21.6 Å². The monoisotopic (exact) mass is 571 g/mol. The molecule has 4 rings (SSSR count). The number of anilines is 1. The molecule has 1 fully saturated rings. The van der Waals surface area contributed by atoms with Gasteiger partial charge < -0.3 is 15.4 Å². The van der Waals surface area contributed by atoms with E-state index in [2.05, 4.69) is 31.9 Å². The van der Waals surface area contributed by atoms with Crippen molar-refractivity contribution < 1.29 is 14.3 Å². The van der Waals surface area contributed by atoms with E-state index in [1.165, 1.54) is 0 Å². The van der Waals surface area contributed by atoms with Gasteiger partial charge in [-0.15, -0.1) is 0 Å². The van der Waals surface area contributed by atoms with Crippen molar-refractivity contribution in [3.8, 4) is 0 Å². The van der Waals surface area contributed by atoms with Gasteiger partial charge in [-0.05, 0) is 73.1 Å². The molecule has 0 radical (unpaired) electrons. The van der Waals surface area contributed by atoms with E-state index < -0.39 is 0 Å². The summed E-state index contributed by atoms with van der Waals surface area (Å²) in [7, 11) is 0. The molecule has 1 aliphatic heterocycles. The Bertz CT molecular complexity index is 1220. The summed E-state index contributed by atoms with van der Waals surface area (Å²) in [5, 5.41) is 9.33. The number of carbonyl (C=O) groups excluding carboxylic acids is 2. The second kappa shape index (κ2) is 11.8. The predicted octanol–water partition coefficient (Wildman–Crippen LogP) is 5.88. The number of carbonyl (C=O) groups is 2. The maximum absolute atomic E-state index is 13.0. The van der Waals surface area contributed by atoms with Gasteiger partial charge in [-0.2, -0.15) is 0 Å². The number of amides is 2. The molecule has 1 heterocycles. The molecule has 3 aromatic carbocycles. The predicted molar refractivity (Wildman–Crippen MR) is 145 cm³/mol. The summed E-state index contributed by atoms with van der Waals surface area (Å²) in [6.45, 7) is 0.383. The average molecular weight is 573 g/mol. The Hall–Kier alpha value is -2.78. The molecule has 6 nitrogen and oxygen atoms in total. The lowest BCUT2D eigenvalue weighted by Gasteiger charge is -2.17. The van der Waals surface area contributed by atoms with Crippen LogP contribution < -0.4 is 16.0 Å². The summed E-state index contributed by atoms with van der Waals surface area (Å²) in [6, 6.07) is 21.6. The Morgan fingerprint density at radius 2 is 1.74 bits per heavy atom. The number of ether oxygens (including phenoxy) is 1. The van der Waals surface area contributed by atoms with E-state index >= 15 is 0 Å². The van der Waals surface area contributed by atoms with Gasteiger partial charge in [-0.25, -0.2) is 0 Å². The van der Waals surface area contributed by atoms with Crippen LogP contribution in [0, 0.1) is 0 Å². The van der Waals surface area contributed by atoms with Crippen molar-refractivity contribution in [1.29, 1.82) is 0 Å². The second-order valence-corrected chi connectivity index (χ2v) is 9.81. The van der Waals surface area contributed by atoms with E-state index in [-0.39, 0.29) is 29.1 Å². The molecule has 0 aromatic heterocycles. The Balaban J connectivity index is 1.34. The lowest BCUT2D eigenvalue weighted by atomic mass is 10.1. The van der Waals surface area contributed by atoms with Gasteiger partial charge in [0.15, 0.2) is 5.11 Å². The first kappa shape index (κ1) is 25.3. The van der Waals surface area contributed by atoms with E-state index in [9.17, 15) is 9.59 Å². The molecule has 2 amide bonds. The second-order valence-electron chi connectivity index (χ2n) is 8.05. The molecular weight excluding hydrogens is 550 g/mol. The van der Waals surface area contributed by atoms with Crippen LogP contribution in [0.2, 0.25) is 5.02 Å². The highest BCUT2D eigenvalue weighted by Gasteiger charge is 2.27. The molecule has 0 bridgehead atoms. The normalized spacial score (nSPS) is 17.0. The molecule has 1 saturated heterocycles. The van der Waals surface area contributed by atoms with E-state index in [1.807, 2.05) is 30.3 Å². The third-order valence-corrected chi connectivity index (χ3v) is 6.53. The molecular formula is C26H23BrClN3O3S. The number of nitrogens with one attached hydrogen (secondary N) is 3. The van der Waals surface area contributed by atoms with E-state index in [1.54, 1.807) is 42.5 Å². The Morgan fingerprint density at radius 1 is 1.00 bits per heavy atom. The van der Waals surface area contributed by atoms with Gasteiger partial charge >= 0.3 is 0 Å². The van der Waals surface area contributed by atoms with Crippen LogP contribution >= 0.6 is 39.7 Å². The molecule has 3 aromatic rings. The molecule has 0 saturated carbocycles. The van der Waals surface area contributed by atoms with Crippen LogP contribution in [0.15, 0.2) is 77.3 Å². The van der Waals surface area contributed by atoms with Gasteiger partial charge in [-0.1, -0.05) is 57.9 Å². The summed E-state index contributed by atoms with van der Waals surface area (Å²) in [5.41, 5.74) is 2.43. The minimum absolute atomic E-state index is 0.00956. The van der Waals surface area contributed by atoms with Crippen molar-refractivity contribution in [1.82, 2.24) is 10.6 Å². The molecule has 3 N–H and O–H groups in total. The summed E-state index contributed by atoms with van der Waals surface area (Å²) in [5.74, 6) is -0.603. The maximum atomic E-state index is 13.0. The fraction of sp³-hybridized carbons (Fsp3) is 0.192. The van der Waals surface area contributed by atoms with E-state index in [0.717, 1.165) is 22.9 Å². The number of rotatable bonds is 6. The molecule has 1 aliphatic rings. The van der Waals surface area contributed by atoms with Gasteiger partial charge in [0.25, 0.3) is 11.8 Å². The fourth-order valence-corrected chi connectivity index (χ4v) is 4.51. The largest absolute Gasteiger partial charge is 0.368 e. The highest BCUT2D eigenvalue weighted by atomic mass is 79.9. The van der Waals surface area contributed by atoms with Gasteiger partial charge in [0.05, 0.1) is 23.5 Å². The van der Waals surface area contributed by atoms with Crippen LogP contribution in [0.25, 0.3) is 0 Å². The summed E-state index contributed by atoms with van der Waals surface area (Å²) in [4.78, 5) is 25.4. The summed E-state index contributed by atoms with van der Waals surface area (Å²) in [6.07, 6.45) is 1.62. The molecule has 2 unspecified atom stereocenters. The molecule has 0 spiro atoms. The SMILES string of the molecule is O=C(NC(=S)Nc1cc(Br)ccc1C(=O)NCC1CCC(c2ccc(Cl)cc2)O1)c1ccccc1. The smallest absolute Gasteiger partial charge is 0.257 e. The number of hydrogen-bond donors (Lipinski definition) is 3. The first-order chi connectivity index (χ1) is 16.9. The average Bonchev–Trinajstić information content (AvgIpc) is 3.32. The molecule has 35 heavy (non-hydrogen) atoms. The minimum Gasteiger partial charge on any atom is -0.368 e. The Kier molecular flexibility index (Phi) is 8.51. The van der Waals surface area contributed by atoms with Gasteiger partial charge in [0.2, 0.25) is 0 Å². The topological polar surface area (TPSA) is 79.5 Å². The zero-order valence-corrected chi connectivity index (χ0v) is 21.8. The molecule has 9 heteroatoms. The highest BCUT2D eigenvalue weighted by molar-refractivity contribution is 9.10. The first-order valence-electron chi connectivity index (χ1n) is 11.0. The van der Waals surface area contributed by atoms with Crippen LogP contribution in [0.5, 0.6) is 0 Å². The maximum Gasteiger partial charge on any atom is 0.257 e. The van der Waals surface area contributed by atoms with Crippen LogP contribution in [-0.4, -0.2) is 29.6 Å². The van der Waals surface area contributed by atoms with Crippen LogP contribution in [0.3, 0.4) is 0 Å². The standard InChI is InChI=1S/C26H23BrClN3O3S/c27-18-8-12-21(22(14-18)30-26(35)31-24(32)17-4-2-1-3-5-17)25(33)29-15-20-11-13-23(34-20)16-6-9-19(28)10-7-16/h1-10,12,14,20,23H,11,13,15H2,(H,29,33)(H2,30,31,32,35). The Morgan fingerprint density at radius 3 is 2.49 bits per heavy atom. The van der Waals surface area contributed by atoms with Crippen molar-refractivity contribution in [3.63, 3.8) is 0 Å². The minimum atomic E-state index is -0.335. The Labute approximate surface area is 222 Å². The number of hydrogen-bond acceptors (Lipinski definition) is 4. The fourth-order valence-electron chi connectivity index (χ4n) is 3.82. The first-order valence-corrected chi connectivity index (χ1v) is 12.6. The van der Waals surface area contributed by atoms with Gasteiger partial charge in [-0.3, -0.25) is 14.9 Å². The number of thiocarbonyl (C=S) groups is 1. The lowest BCUT2D eigenvalue weighted by molar-refractivity contribution is 0.0436. The zero-order valence-electron chi connectivity index (χ0n) is 18.6. The van der Waals surface area contributed by atoms with E-state index in [4.69, 9.17) is 28.6 Å². The van der Waals surface area contributed by atoms with Crippen LogP contribution in [-0.2, 0) is 4.74 Å². The quantitative estimate of drug-likeness (QED) is 0.322.